The van der Waals surface area contributed by atoms with Crippen molar-refractivity contribution < 1.29 is 9.59 Å². The van der Waals surface area contributed by atoms with Crippen molar-refractivity contribution in [2.24, 2.45) is 0 Å². The van der Waals surface area contributed by atoms with E-state index in [1.54, 1.807) is 16.7 Å². The van der Waals surface area contributed by atoms with Gasteiger partial charge in [0.05, 0.1) is 4.87 Å². The third-order valence-electron chi connectivity index (χ3n) is 3.30. The first-order chi connectivity index (χ1) is 7.58. The van der Waals surface area contributed by atoms with Crippen molar-refractivity contribution in [2.45, 2.75) is 44.0 Å². The third-order valence-corrected chi connectivity index (χ3v) is 4.80. The summed E-state index contributed by atoms with van der Waals surface area (Å²) in [6, 6.07) is -0.253. The van der Waals surface area contributed by atoms with Gasteiger partial charge < -0.3 is 10.2 Å². The van der Waals surface area contributed by atoms with Crippen molar-refractivity contribution >= 4 is 23.6 Å². The van der Waals surface area contributed by atoms with Gasteiger partial charge in [0.1, 0.15) is 6.04 Å². The second-order valence-corrected chi connectivity index (χ2v) is 6.06. The number of amides is 2. The lowest BCUT2D eigenvalue weighted by Crippen LogP contribution is -2.50. The van der Waals surface area contributed by atoms with Gasteiger partial charge in [-0.2, -0.15) is 0 Å². The minimum absolute atomic E-state index is 0.00771. The van der Waals surface area contributed by atoms with Crippen molar-refractivity contribution in [3.8, 4) is 0 Å². The Bertz CT molecular complexity index is 321. The largest absolute Gasteiger partial charge is 0.354 e. The molecule has 16 heavy (non-hydrogen) atoms. The monoisotopic (exact) mass is 242 g/mol. The highest BCUT2D eigenvalue weighted by molar-refractivity contribution is 8.01. The molecule has 2 aliphatic heterocycles. The summed E-state index contributed by atoms with van der Waals surface area (Å²) in [7, 11) is 0. The fourth-order valence-corrected chi connectivity index (χ4v) is 3.81. The molecule has 2 aliphatic rings. The van der Waals surface area contributed by atoms with Gasteiger partial charge in [-0.15, -0.1) is 11.8 Å². The van der Waals surface area contributed by atoms with E-state index in [9.17, 15) is 9.59 Å². The average molecular weight is 242 g/mol. The van der Waals surface area contributed by atoms with E-state index in [-0.39, 0.29) is 22.7 Å². The Morgan fingerprint density at radius 3 is 3.12 bits per heavy atom. The summed E-state index contributed by atoms with van der Waals surface area (Å²) in [4.78, 5) is 25.4. The quantitative estimate of drug-likeness (QED) is 0.802. The molecule has 0 bridgehead atoms. The van der Waals surface area contributed by atoms with Crippen LogP contribution in [0.5, 0.6) is 0 Å². The maximum Gasteiger partial charge on any atom is 0.243 e. The summed E-state index contributed by atoms with van der Waals surface area (Å²) >= 11 is 1.73. The highest BCUT2D eigenvalue weighted by atomic mass is 32.2. The Hall–Kier alpha value is -0.710. The molecule has 2 unspecified atom stereocenters. The number of hydrogen-bond acceptors (Lipinski definition) is 3. The van der Waals surface area contributed by atoms with E-state index in [2.05, 4.69) is 12.2 Å². The Kier molecular flexibility index (Phi) is 3.15. The van der Waals surface area contributed by atoms with Crippen LogP contribution < -0.4 is 5.32 Å². The van der Waals surface area contributed by atoms with E-state index < -0.39 is 0 Å². The Labute approximate surface area is 100 Å². The molecule has 0 aromatic rings. The predicted octanol–water partition coefficient (Wildman–Crippen LogP) is 0.967. The van der Waals surface area contributed by atoms with Gasteiger partial charge in [0.15, 0.2) is 0 Å². The molecule has 0 aromatic heterocycles. The van der Waals surface area contributed by atoms with E-state index in [0.717, 1.165) is 18.6 Å². The molecule has 2 atom stereocenters. The smallest absolute Gasteiger partial charge is 0.243 e. The highest BCUT2D eigenvalue weighted by Gasteiger charge is 2.52. The summed E-state index contributed by atoms with van der Waals surface area (Å²) in [5, 5.41) is 2.88. The highest BCUT2D eigenvalue weighted by Crippen LogP contribution is 2.47. The van der Waals surface area contributed by atoms with Gasteiger partial charge in [0.25, 0.3) is 0 Å². The topological polar surface area (TPSA) is 49.4 Å². The van der Waals surface area contributed by atoms with E-state index >= 15 is 0 Å². The molecule has 90 valence electrons. The first-order valence-corrected chi connectivity index (χ1v) is 6.81. The molecule has 0 spiro atoms. The van der Waals surface area contributed by atoms with Crippen LogP contribution in [0.2, 0.25) is 0 Å². The molecule has 0 aromatic carbocycles. The molecule has 0 saturated carbocycles. The molecule has 2 amide bonds. The minimum Gasteiger partial charge on any atom is -0.354 e. The number of rotatable bonds is 3. The lowest BCUT2D eigenvalue weighted by atomic mass is 10.2. The van der Waals surface area contributed by atoms with Crippen LogP contribution in [0, 0.1) is 0 Å². The summed E-state index contributed by atoms with van der Waals surface area (Å²) in [6.45, 7) is 4.78. The maximum atomic E-state index is 11.9. The lowest BCUT2D eigenvalue weighted by Gasteiger charge is -2.29. The van der Waals surface area contributed by atoms with Crippen molar-refractivity contribution in [2.75, 3.05) is 12.3 Å². The number of fused-ring (bicyclic) bond motifs is 1. The van der Waals surface area contributed by atoms with Gasteiger partial charge in [0.2, 0.25) is 11.8 Å². The van der Waals surface area contributed by atoms with Gasteiger partial charge in [-0.05, 0) is 19.8 Å². The molecule has 4 nitrogen and oxygen atoms in total. The molecule has 5 heteroatoms. The molecule has 2 heterocycles. The molecular weight excluding hydrogens is 224 g/mol. The molecular formula is C11H18N2O2S. The SMILES string of the molecule is CCCNC(=O)C1CSC2(C)CCC(=O)N12. The second kappa shape index (κ2) is 4.28. The number of carbonyl (C=O) groups excluding carboxylic acids is 2. The zero-order valence-electron chi connectivity index (χ0n) is 9.78. The molecule has 0 radical (unpaired) electrons. The summed E-state index contributed by atoms with van der Waals surface area (Å²) < 4.78 is 0. The van der Waals surface area contributed by atoms with Crippen LogP contribution >= 0.6 is 11.8 Å². The lowest BCUT2D eigenvalue weighted by molar-refractivity contribution is -0.137. The first-order valence-electron chi connectivity index (χ1n) is 5.82. The second-order valence-electron chi connectivity index (χ2n) is 4.56. The first kappa shape index (κ1) is 11.8. The minimum atomic E-state index is -0.253. The molecule has 2 saturated heterocycles. The van der Waals surface area contributed by atoms with Crippen LogP contribution in [0.1, 0.15) is 33.1 Å². The Morgan fingerprint density at radius 2 is 2.44 bits per heavy atom. The number of nitrogens with one attached hydrogen (secondary N) is 1. The van der Waals surface area contributed by atoms with Gasteiger partial charge in [0, 0.05) is 18.7 Å². The average Bonchev–Trinajstić information content (AvgIpc) is 2.73. The number of carbonyl (C=O) groups is 2. The molecule has 1 N–H and O–H groups in total. The van der Waals surface area contributed by atoms with Crippen molar-refractivity contribution in [3.05, 3.63) is 0 Å². The standard InChI is InChI=1S/C11H18N2O2S/c1-3-6-12-10(15)8-7-16-11(2)5-4-9(14)13(8)11/h8H,3-7H2,1-2H3,(H,12,15). The van der Waals surface area contributed by atoms with Gasteiger partial charge in [-0.1, -0.05) is 6.92 Å². The van der Waals surface area contributed by atoms with Crippen molar-refractivity contribution in [1.29, 1.82) is 0 Å². The van der Waals surface area contributed by atoms with Gasteiger partial charge in [-0.3, -0.25) is 9.59 Å². The van der Waals surface area contributed by atoms with Crippen molar-refractivity contribution in [1.82, 2.24) is 10.2 Å². The number of hydrogen-bond donors (Lipinski definition) is 1. The molecule has 2 fully saturated rings. The normalized spacial score (nSPS) is 33.0. The van der Waals surface area contributed by atoms with Gasteiger partial charge in [-0.25, -0.2) is 0 Å². The third kappa shape index (κ3) is 1.81. The predicted molar refractivity (Wildman–Crippen MR) is 64.0 cm³/mol. The number of nitrogens with zero attached hydrogens (tertiary/aromatic N) is 1. The van der Waals surface area contributed by atoms with Crippen LogP contribution in [0.3, 0.4) is 0 Å². The van der Waals surface area contributed by atoms with Gasteiger partial charge >= 0.3 is 0 Å². The fraction of sp³-hybridized carbons (Fsp3) is 0.818. The van der Waals surface area contributed by atoms with Crippen LogP contribution in [0.15, 0.2) is 0 Å². The van der Waals surface area contributed by atoms with Crippen molar-refractivity contribution in [3.63, 3.8) is 0 Å². The summed E-state index contributed by atoms with van der Waals surface area (Å²) in [6.07, 6.45) is 2.38. The fourth-order valence-electron chi connectivity index (χ4n) is 2.38. The Balaban J connectivity index is 2.07. The summed E-state index contributed by atoms with van der Waals surface area (Å²) in [5.74, 6) is 0.870. The zero-order valence-corrected chi connectivity index (χ0v) is 10.6. The van der Waals surface area contributed by atoms with E-state index in [4.69, 9.17) is 0 Å². The van der Waals surface area contributed by atoms with Crippen LogP contribution in [-0.4, -0.2) is 39.9 Å². The van der Waals surface area contributed by atoms with E-state index in [1.807, 2.05) is 6.92 Å². The number of thioether (sulfide) groups is 1. The molecule has 0 aliphatic carbocycles. The molecule has 2 rings (SSSR count). The van der Waals surface area contributed by atoms with Crippen LogP contribution in [-0.2, 0) is 9.59 Å². The van der Waals surface area contributed by atoms with Crippen LogP contribution in [0.4, 0.5) is 0 Å². The van der Waals surface area contributed by atoms with E-state index in [0.29, 0.717) is 13.0 Å². The zero-order chi connectivity index (χ0) is 11.8. The van der Waals surface area contributed by atoms with E-state index in [1.165, 1.54) is 0 Å². The van der Waals surface area contributed by atoms with Crippen LogP contribution in [0.25, 0.3) is 0 Å². The maximum absolute atomic E-state index is 11.9. The summed E-state index contributed by atoms with van der Waals surface area (Å²) in [5.41, 5.74) is 0. The Morgan fingerprint density at radius 1 is 1.69 bits per heavy atom.